The molecule has 0 aliphatic rings. The maximum atomic E-state index is 12.8. The van der Waals surface area contributed by atoms with Crippen LogP contribution >= 0.6 is 0 Å². The molecule has 0 atom stereocenters. The summed E-state index contributed by atoms with van der Waals surface area (Å²) in [5.74, 6) is -3.53. The molecule has 2 aromatic carbocycles. The summed E-state index contributed by atoms with van der Waals surface area (Å²) in [5, 5.41) is 59.4. The van der Waals surface area contributed by atoms with Gasteiger partial charge in [0.2, 0.25) is 5.75 Å². The second kappa shape index (κ2) is 10.5. The molecule has 0 aliphatic carbocycles. The Balaban J connectivity index is 2.27. The first-order valence-corrected chi connectivity index (χ1v) is 9.56. The minimum absolute atomic E-state index is 0.220. The number of rotatable bonds is 8. The van der Waals surface area contributed by atoms with Gasteiger partial charge in [-0.25, -0.2) is 0 Å². The van der Waals surface area contributed by atoms with Crippen LogP contribution < -0.4 is 0 Å². The van der Waals surface area contributed by atoms with Crippen molar-refractivity contribution in [3.8, 4) is 23.6 Å². The second-order valence-electron chi connectivity index (χ2n) is 6.71. The van der Waals surface area contributed by atoms with Crippen LogP contribution in [0.1, 0.15) is 30.0 Å². The van der Waals surface area contributed by atoms with E-state index in [1.165, 1.54) is 4.90 Å². The van der Waals surface area contributed by atoms with Crippen LogP contribution in [0.15, 0.2) is 42.0 Å². The first-order valence-electron chi connectivity index (χ1n) is 9.56. The Kier molecular flexibility index (Phi) is 7.75. The number of aliphatic hydroxyl groups excluding tert-OH is 1. The number of aryl methyl sites for hydroxylation is 1. The number of carbonyl (C=O) groups excluding carboxylic acids is 1. The van der Waals surface area contributed by atoms with E-state index in [2.05, 4.69) is 6.07 Å². The van der Waals surface area contributed by atoms with E-state index in [1.807, 2.05) is 6.07 Å². The minimum atomic E-state index is -0.996. The highest BCUT2D eigenvalue weighted by atomic mass is 16.6. The molecule has 3 N–H and O–H groups in total. The molecule has 0 aliphatic heterocycles. The lowest BCUT2D eigenvalue weighted by Crippen LogP contribution is -2.33. The van der Waals surface area contributed by atoms with E-state index in [0.717, 1.165) is 17.7 Å². The van der Waals surface area contributed by atoms with Crippen LogP contribution in [0.25, 0.3) is 5.76 Å². The molecule has 2 aromatic rings. The Morgan fingerprint density at radius 1 is 1.22 bits per heavy atom. The molecule has 164 valence electrons. The summed E-state index contributed by atoms with van der Waals surface area (Å²) in [5.41, 5.74) is -0.561. The van der Waals surface area contributed by atoms with Gasteiger partial charge in [0, 0.05) is 24.7 Å². The summed E-state index contributed by atoms with van der Waals surface area (Å²) in [6, 6.07) is 12.3. The SMILES string of the molecule is CCN(CCCc1ccccc1C#N)C(=O)/C(C#N)=C(\O)c1cc(O)c(O)c([N+](=O)[O-])c1. The molecule has 2 rings (SSSR count). The molecular formula is C22H20N4O6. The van der Waals surface area contributed by atoms with Crippen LogP contribution in [0.3, 0.4) is 0 Å². The molecule has 0 spiro atoms. The van der Waals surface area contributed by atoms with Gasteiger partial charge in [0.05, 0.1) is 16.6 Å². The molecule has 10 heteroatoms. The third-order valence-corrected chi connectivity index (χ3v) is 4.78. The standard InChI is InChI=1S/C22H20N4O6/c1-2-25(9-5-8-14-6-3-4-7-15(14)12-23)22(30)17(13-24)20(28)16-10-18(26(31)32)21(29)19(27)11-16/h3-4,6-7,10-11,27-29H,2,5,8-9H2,1H3/b20-17-. The molecule has 0 unspecified atom stereocenters. The molecule has 0 bridgehead atoms. The fourth-order valence-electron chi connectivity index (χ4n) is 3.10. The Bertz CT molecular complexity index is 1160. The summed E-state index contributed by atoms with van der Waals surface area (Å²) in [6.07, 6.45) is 1.01. The zero-order chi connectivity index (χ0) is 23.8. The summed E-state index contributed by atoms with van der Waals surface area (Å²) in [4.78, 5) is 24.2. The van der Waals surface area contributed by atoms with Crippen molar-refractivity contribution in [1.29, 1.82) is 10.5 Å². The summed E-state index contributed by atoms with van der Waals surface area (Å²) in [6.45, 7) is 2.14. The van der Waals surface area contributed by atoms with Crippen molar-refractivity contribution < 1.29 is 25.0 Å². The van der Waals surface area contributed by atoms with Gasteiger partial charge in [-0.15, -0.1) is 0 Å². The Morgan fingerprint density at radius 2 is 1.91 bits per heavy atom. The van der Waals surface area contributed by atoms with E-state index in [4.69, 9.17) is 5.26 Å². The lowest BCUT2D eigenvalue weighted by Gasteiger charge is -2.21. The second-order valence-corrected chi connectivity index (χ2v) is 6.71. The van der Waals surface area contributed by atoms with Gasteiger partial charge in [-0.1, -0.05) is 18.2 Å². The quantitative estimate of drug-likeness (QED) is 0.141. The average molecular weight is 436 g/mol. The smallest absolute Gasteiger partial charge is 0.315 e. The van der Waals surface area contributed by atoms with Crippen LogP contribution in [-0.4, -0.2) is 44.1 Å². The molecular weight excluding hydrogens is 416 g/mol. The number of phenolic OH excluding ortho intramolecular Hbond substituents is 2. The number of benzene rings is 2. The van der Waals surface area contributed by atoms with Crippen LogP contribution in [0.4, 0.5) is 5.69 Å². The Hall–Kier alpha value is -4.57. The number of nitro groups is 1. The lowest BCUT2D eigenvalue weighted by atomic mass is 10.0. The van der Waals surface area contributed by atoms with Crippen LogP contribution in [0.2, 0.25) is 0 Å². The van der Waals surface area contributed by atoms with Gasteiger partial charge >= 0.3 is 5.69 Å². The maximum absolute atomic E-state index is 12.8. The van der Waals surface area contributed by atoms with E-state index in [1.54, 1.807) is 31.2 Å². The van der Waals surface area contributed by atoms with Gasteiger partial charge in [0.1, 0.15) is 11.8 Å². The summed E-state index contributed by atoms with van der Waals surface area (Å²) in [7, 11) is 0. The highest BCUT2D eigenvalue weighted by Crippen LogP contribution is 2.38. The van der Waals surface area contributed by atoms with Crippen molar-refractivity contribution in [2.45, 2.75) is 19.8 Å². The van der Waals surface area contributed by atoms with Gasteiger partial charge in [-0.3, -0.25) is 14.9 Å². The normalized spacial score (nSPS) is 11.1. The molecule has 0 saturated carbocycles. The van der Waals surface area contributed by atoms with Crippen molar-refractivity contribution in [2.24, 2.45) is 0 Å². The Labute approximate surface area is 183 Å². The highest BCUT2D eigenvalue weighted by Gasteiger charge is 2.25. The predicted molar refractivity (Wildman–Crippen MR) is 113 cm³/mol. The molecule has 0 heterocycles. The largest absolute Gasteiger partial charge is 0.506 e. The van der Waals surface area contributed by atoms with Gasteiger partial charge in [-0.2, -0.15) is 10.5 Å². The first kappa shape index (κ1) is 23.7. The van der Waals surface area contributed by atoms with Crippen molar-refractivity contribution in [3.05, 3.63) is 68.8 Å². The summed E-state index contributed by atoms with van der Waals surface area (Å²) >= 11 is 0. The average Bonchev–Trinajstić information content (AvgIpc) is 2.78. The van der Waals surface area contributed by atoms with Crippen LogP contribution in [-0.2, 0) is 11.2 Å². The monoisotopic (exact) mass is 436 g/mol. The number of nitrogens with zero attached hydrogens (tertiary/aromatic N) is 4. The minimum Gasteiger partial charge on any atom is -0.506 e. The number of aromatic hydroxyl groups is 2. The first-order chi connectivity index (χ1) is 15.2. The van der Waals surface area contributed by atoms with Crippen LogP contribution in [0, 0.1) is 32.8 Å². The van der Waals surface area contributed by atoms with Crippen molar-refractivity contribution in [1.82, 2.24) is 4.90 Å². The number of carbonyl (C=O) groups is 1. The number of phenols is 2. The fourth-order valence-corrected chi connectivity index (χ4v) is 3.10. The van der Waals surface area contributed by atoms with E-state index in [-0.39, 0.29) is 18.7 Å². The highest BCUT2D eigenvalue weighted by molar-refractivity contribution is 6.03. The van der Waals surface area contributed by atoms with Crippen molar-refractivity contribution in [2.75, 3.05) is 13.1 Å². The topological polar surface area (TPSA) is 172 Å². The number of aliphatic hydroxyl groups is 1. The van der Waals surface area contributed by atoms with Gasteiger partial charge in [0.15, 0.2) is 11.3 Å². The molecule has 10 nitrogen and oxygen atoms in total. The maximum Gasteiger partial charge on any atom is 0.315 e. The van der Waals surface area contributed by atoms with E-state index >= 15 is 0 Å². The van der Waals surface area contributed by atoms with Gasteiger partial charge in [0.25, 0.3) is 5.91 Å². The van der Waals surface area contributed by atoms with Gasteiger partial charge in [-0.05, 0) is 37.5 Å². The van der Waals surface area contributed by atoms with Crippen molar-refractivity contribution >= 4 is 17.4 Å². The van der Waals surface area contributed by atoms with Crippen molar-refractivity contribution in [3.63, 3.8) is 0 Å². The number of amides is 1. The van der Waals surface area contributed by atoms with Crippen LogP contribution in [0.5, 0.6) is 11.5 Å². The fraction of sp³-hybridized carbons (Fsp3) is 0.227. The molecule has 0 saturated heterocycles. The third kappa shape index (κ3) is 5.12. The number of hydrogen-bond donors (Lipinski definition) is 3. The predicted octanol–water partition coefficient (Wildman–Crippen LogP) is 3.15. The number of likely N-dealkylation sites (N-methyl/N-ethyl adjacent to an activating group) is 1. The zero-order valence-electron chi connectivity index (χ0n) is 17.1. The number of nitro benzene ring substituents is 1. The number of hydrogen-bond acceptors (Lipinski definition) is 8. The van der Waals surface area contributed by atoms with E-state index in [0.29, 0.717) is 18.4 Å². The van der Waals surface area contributed by atoms with Gasteiger partial charge < -0.3 is 20.2 Å². The molecule has 0 fully saturated rings. The lowest BCUT2D eigenvalue weighted by molar-refractivity contribution is -0.386. The molecule has 1 amide bonds. The third-order valence-electron chi connectivity index (χ3n) is 4.78. The zero-order valence-corrected chi connectivity index (χ0v) is 17.1. The number of nitriles is 2. The van der Waals surface area contributed by atoms with E-state index in [9.17, 15) is 35.5 Å². The molecule has 0 aromatic heterocycles. The molecule has 0 radical (unpaired) electrons. The summed E-state index contributed by atoms with van der Waals surface area (Å²) < 4.78 is 0. The Morgan fingerprint density at radius 3 is 2.50 bits per heavy atom. The van der Waals surface area contributed by atoms with E-state index < -0.39 is 39.3 Å². The molecule has 32 heavy (non-hydrogen) atoms.